The average molecular weight is 370 g/mol. The second-order valence-electron chi connectivity index (χ2n) is 4.08. The molecule has 1 aromatic carbocycles. The Morgan fingerprint density at radius 3 is 2.76 bits per heavy atom. The average Bonchev–Trinajstić information content (AvgIpc) is 2.98. The Morgan fingerprint density at radius 1 is 1.33 bits per heavy atom. The topological polar surface area (TPSA) is 84.3 Å². The van der Waals surface area contributed by atoms with Crippen molar-refractivity contribution < 1.29 is 9.72 Å². The Morgan fingerprint density at radius 2 is 2.14 bits per heavy atom. The van der Waals surface area contributed by atoms with Gasteiger partial charge in [-0.25, -0.2) is 0 Å². The summed E-state index contributed by atoms with van der Waals surface area (Å²) in [4.78, 5) is 22.5. The van der Waals surface area contributed by atoms with Crippen LogP contribution in [0.3, 0.4) is 0 Å². The molecule has 1 aromatic heterocycles. The number of benzene rings is 1. The summed E-state index contributed by atoms with van der Waals surface area (Å²) in [6, 6.07) is 8.08. The van der Waals surface area contributed by atoms with Crippen molar-refractivity contribution in [2.75, 3.05) is 18.4 Å². The highest BCUT2D eigenvalue weighted by Crippen LogP contribution is 2.26. The molecule has 0 bridgehead atoms. The van der Waals surface area contributed by atoms with Crippen molar-refractivity contribution in [1.82, 2.24) is 5.32 Å². The van der Waals surface area contributed by atoms with Crippen LogP contribution in [0.2, 0.25) is 0 Å². The molecule has 0 unspecified atom stereocenters. The molecule has 0 aliphatic carbocycles. The number of nitro groups is 1. The number of carbonyl (C=O) groups is 1. The zero-order valence-electron chi connectivity index (χ0n) is 10.8. The van der Waals surface area contributed by atoms with E-state index in [0.29, 0.717) is 22.4 Å². The lowest BCUT2D eigenvalue weighted by Gasteiger charge is -2.09. The number of hydrogen-bond acceptors (Lipinski definition) is 5. The molecule has 0 saturated heterocycles. The molecule has 2 aromatic rings. The Balaban J connectivity index is 1.81. The summed E-state index contributed by atoms with van der Waals surface area (Å²) in [5, 5.41) is 18.4. The van der Waals surface area contributed by atoms with Gasteiger partial charge in [0.15, 0.2) is 0 Å². The molecule has 0 aliphatic rings. The van der Waals surface area contributed by atoms with Crippen LogP contribution in [0.5, 0.6) is 0 Å². The van der Waals surface area contributed by atoms with E-state index in [0.717, 1.165) is 5.69 Å². The van der Waals surface area contributed by atoms with E-state index in [2.05, 4.69) is 26.6 Å². The molecule has 0 atom stereocenters. The van der Waals surface area contributed by atoms with E-state index in [9.17, 15) is 14.9 Å². The summed E-state index contributed by atoms with van der Waals surface area (Å²) in [6.45, 7) is 0.980. The van der Waals surface area contributed by atoms with E-state index < -0.39 is 4.92 Å². The SMILES string of the molecule is O=C(NCCNc1ccc([N+](=O)[O-])cc1Br)c1cccs1. The molecular weight excluding hydrogens is 358 g/mol. The molecule has 1 amide bonds. The third kappa shape index (κ3) is 4.27. The van der Waals surface area contributed by atoms with Gasteiger partial charge in [-0.3, -0.25) is 14.9 Å². The van der Waals surface area contributed by atoms with Gasteiger partial charge in [0.05, 0.1) is 9.80 Å². The summed E-state index contributed by atoms with van der Waals surface area (Å²) in [5.74, 6) is -0.102. The maximum atomic E-state index is 11.7. The molecule has 110 valence electrons. The summed E-state index contributed by atoms with van der Waals surface area (Å²) in [6.07, 6.45) is 0. The minimum atomic E-state index is -0.449. The third-order valence-electron chi connectivity index (χ3n) is 2.63. The molecule has 0 spiro atoms. The lowest BCUT2D eigenvalue weighted by molar-refractivity contribution is -0.384. The zero-order valence-corrected chi connectivity index (χ0v) is 13.2. The van der Waals surface area contributed by atoms with Gasteiger partial charge in [0, 0.05) is 35.4 Å². The van der Waals surface area contributed by atoms with E-state index in [1.165, 1.54) is 23.5 Å². The fourth-order valence-electron chi connectivity index (χ4n) is 1.63. The van der Waals surface area contributed by atoms with Crippen LogP contribution in [-0.2, 0) is 0 Å². The van der Waals surface area contributed by atoms with Crippen LogP contribution in [0.1, 0.15) is 9.67 Å². The summed E-state index contributed by atoms with van der Waals surface area (Å²) >= 11 is 4.66. The number of anilines is 1. The van der Waals surface area contributed by atoms with E-state index in [4.69, 9.17) is 0 Å². The molecule has 2 N–H and O–H groups in total. The smallest absolute Gasteiger partial charge is 0.270 e. The van der Waals surface area contributed by atoms with Crippen LogP contribution in [0, 0.1) is 10.1 Å². The van der Waals surface area contributed by atoms with Gasteiger partial charge in [-0.05, 0) is 33.4 Å². The molecule has 0 aliphatic heterocycles. The number of nitrogens with zero attached hydrogens (tertiary/aromatic N) is 1. The summed E-state index contributed by atoms with van der Waals surface area (Å²) < 4.78 is 0.612. The maximum absolute atomic E-state index is 11.7. The normalized spacial score (nSPS) is 10.1. The third-order valence-corrected chi connectivity index (χ3v) is 4.16. The predicted octanol–water partition coefficient (Wildman–Crippen LogP) is 3.26. The van der Waals surface area contributed by atoms with Crippen LogP contribution >= 0.6 is 27.3 Å². The highest BCUT2D eigenvalue weighted by atomic mass is 79.9. The minimum Gasteiger partial charge on any atom is -0.382 e. The van der Waals surface area contributed by atoms with Crippen LogP contribution in [0.4, 0.5) is 11.4 Å². The highest BCUT2D eigenvalue weighted by Gasteiger charge is 2.09. The van der Waals surface area contributed by atoms with Gasteiger partial charge in [-0.2, -0.15) is 0 Å². The number of amides is 1. The lowest BCUT2D eigenvalue weighted by atomic mass is 10.3. The van der Waals surface area contributed by atoms with Gasteiger partial charge < -0.3 is 10.6 Å². The molecule has 21 heavy (non-hydrogen) atoms. The molecule has 0 radical (unpaired) electrons. The Bertz CT molecular complexity index is 646. The van der Waals surface area contributed by atoms with Crippen LogP contribution in [0.25, 0.3) is 0 Å². The van der Waals surface area contributed by atoms with E-state index in [1.54, 1.807) is 12.1 Å². The van der Waals surface area contributed by atoms with Crippen molar-refractivity contribution in [2.24, 2.45) is 0 Å². The Hall–Kier alpha value is -1.93. The Labute approximate surface area is 133 Å². The van der Waals surface area contributed by atoms with E-state index in [1.807, 2.05) is 11.4 Å². The van der Waals surface area contributed by atoms with Gasteiger partial charge >= 0.3 is 0 Å². The molecule has 0 fully saturated rings. The predicted molar refractivity (Wildman–Crippen MR) is 85.9 cm³/mol. The fourth-order valence-corrected chi connectivity index (χ4v) is 2.78. The number of nitrogens with one attached hydrogen (secondary N) is 2. The molecule has 1 heterocycles. The van der Waals surface area contributed by atoms with Crippen molar-refractivity contribution in [2.45, 2.75) is 0 Å². The number of carbonyl (C=O) groups excluding carboxylic acids is 1. The van der Waals surface area contributed by atoms with Gasteiger partial charge in [0.1, 0.15) is 0 Å². The van der Waals surface area contributed by atoms with Gasteiger partial charge in [-0.15, -0.1) is 11.3 Å². The van der Waals surface area contributed by atoms with Crippen molar-refractivity contribution in [3.8, 4) is 0 Å². The zero-order chi connectivity index (χ0) is 15.2. The quantitative estimate of drug-likeness (QED) is 0.464. The first-order valence-electron chi connectivity index (χ1n) is 6.07. The second kappa shape index (κ2) is 7.19. The van der Waals surface area contributed by atoms with Crippen LogP contribution < -0.4 is 10.6 Å². The van der Waals surface area contributed by atoms with Crippen molar-refractivity contribution in [3.05, 3.63) is 55.2 Å². The van der Waals surface area contributed by atoms with Gasteiger partial charge in [0.2, 0.25) is 0 Å². The van der Waals surface area contributed by atoms with E-state index in [-0.39, 0.29) is 11.6 Å². The monoisotopic (exact) mass is 369 g/mol. The van der Waals surface area contributed by atoms with Crippen molar-refractivity contribution >= 4 is 44.5 Å². The van der Waals surface area contributed by atoms with Crippen LogP contribution in [0.15, 0.2) is 40.2 Å². The van der Waals surface area contributed by atoms with Crippen molar-refractivity contribution in [1.29, 1.82) is 0 Å². The molecule has 6 nitrogen and oxygen atoms in total. The molecule has 0 saturated carbocycles. The Kier molecular flexibility index (Phi) is 5.29. The molecule has 2 rings (SSSR count). The number of rotatable bonds is 6. The molecule has 8 heteroatoms. The highest BCUT2D eigenvalue weighted by molar-refractivity contribution is 9.10. The van der Waals surface area contributed by atoms with Gasteiger partial charge in [0.25, 0.3) is 11.6 Å². The summed E-state index contributed by atoms with van der Waals surface area (Å²) in [5.41, 5.74) is 0.768. The number of thiophene rings is 1. The van der Waals surface area contributed by atoms with Gasteiger partial charge in [-0.1, -0.05) is 6.07 Å². The van der Waals surface area contributed by atoms with E-state index >= 15 is 0 Å². The summed E-state index contributed by atoms with van der Waals surface area (Å²) in [7, 11) is 0. The second-order valence-corrected chi connectivity index (χ2v) is 5.88. The first kappa shape index (κ1) is 15.5. The fraction of sp³-hybridized carbons (Fsp3) is 0.154. The standard InChI is InChI=1S/C13H12BrN3O3S/c14-10-8-9(17(19)20)3-4-11(10)15-5-6-16-13(18)12-2-1-7-21-12/h1-4,7-8,15H,5-6H2,(H,16,18). The lowest BCUT2D eigenvalue weighted by Crippen LogP contribution is -2.28. The largest absolute Gasteiger partial charge is 0.382 e. The molecular formula is C13H12BrN3O3S. The van der Waals surface area contributed by atoms with Crippen molar-refractivity contribution in [3.63, 3.8) is 0 Å². The maximum Gasteiger partial charge on any atom is 0.270 e. The first-order chi connectivity index (χ1) is 10.1. The number of hydrogen-bond donors (Lipinski definition) is 2. The minimum absolute atomic E-state index is 0.0263. The first-order valence-corrected chi connectivity index (χ1v) is 7.74. The number of halogens is 1. The number of non-ortho nitro benzene ring substituents is 1. The number of nitro benzene ring substituents is 1. The van der Waals surface area contributed by atoms with Crippen LogP contribution in [-0.4, -0.2) is 23.9 Å².